The molecule has 0 aliphatic carbocycles. The van der Waals surface area contributed by atoms with Crippen molar-refractivity contribution in [2.45, 2.75) is 95.3 Å². The standard InChI is InChI=1S/C19H36O6S/c1-3-4-5-11-14-17(20)15-12-9-7-6-8-10-13-16-18(19(21)25-2)26(22,23)24/h9,12,17-18,20H,3-8,10-11,13-16H2,1-2H3,(H,22,23,24)/b12-9-. The number of carbonyl (C=O) groups is 1. The Bertz CT molecular complexity index is 486. The maximum atomic E-state index is 11.4. The number of aliphatic hydroxyl groups excluding tert-OH is 1. The van der Waals surface area contributed by atoms with Crippen LogP contribution in [0.25, 0.3) is 0 Å². The van der Waals surface area contributed by atoms with Crippen LogP contribution in [0.2, 0.25) is 0 Å². The molecular weight excluding hydrogens is 356 g/mol. The van der Waals surface area contributed by atoms with Gasteiger partial charge in [-0.15, -0.1) is 0 Å². The highest BCUT2D eigenvalue weighted by Gasteiger charge is 2.31. The van der Waals surface area contributed by atoms with E-state index in [-0.39, 0.29) is 12.5 Å². The van der Waals surface area contributed by atoms with Gasteiger partial charge in [-0.05, 0) is 32.1 Å². The number of esters is 1. The summed E-state index contributed by atoms with van der Waals surface area (Å²) in [6.45, 7) is 2.17. The zero-order valence-electron chi connectivity index (χ0n) is 16.2. The third-order valence-corrected chi connectivity index (χ3v) is 5.52. The highest BCUT2D eigenvalue weighted by atomic mass is 32.2. The Hall–Kier alpha value is -0.920. The van der Waals surface area contributed by atoms with Crippen molar-refractivity contribution >= 4 is 16.1 Å². The van der Waals surface area contributed by atoms with Crippen molar-refractivity contribution in [3.63, 3.8) is 0 Å². The summed E-state index contributed by atoms with van der Waals surface area (Å²) in [6, 6.07) is 0. The quantitative estimate of drug-likeness (QED) is 0.178. The maximum absolute atomic E-state index is 11.4. The van der Waals surface area contributed by atoms with E-state index in [0.717, 1.165) is 45.6 Å². The van der Waals surface area contributed by atoms with Gasteiger partial charge in [0, 0.05) is 0 Å². The average molecular weight is 393 g/mol. The lowest BCUT2D eigenvalue weighted by molar-refractivity contribution is -0.140. The lowest BCUT2D eigenvalue weighted by Gasteiger charge is -2.11. The molecule has 0 aliphatic heterocycles. The molecule has 0 aromatic heterocycles. The molecule has 26 heavy (non-hydrogen) atoms. The first-order valence-electron chi connectivity index (χ1n) is 9.70. The van der Waals surface area contributed by atoms with Gasteiger partial charge in [0.1, 0.15) is 0 Å². The molecule has 0 aliphatic rings. The second kappa shape index (κ2) is 15.2. The van der Waals surface area contributed by atoms with Crippen molar-refractivity contribution in [3.8, 4) is 0 Å². The molecule has 0 bridgehead atoms. The molecule has 2 N–H and O–H groups in total. The summed E-state index contributed by atoms with van der Waals surface area (Å²) in [7, 11) is -3.30. The number of hydrogen-bond donors (Lipinski definition) is 2. The largest absolute Gasteiger partial charge is 0.468 e. The first-order chi connectivity index (χ1) is 12.3. The van der Waals surface area contributed by atoms with Crippen LogP contribution in [-0.2, 0) is 19.6 Å². The van der Waals surface area contributed by atoms with E-state index in [1.165, 1.54) is 19.3 Å². The fraction of sp³-hybridized carbons (Fsp3) is 0.842. The fourth-order valence-corrected chi connectivity index (χ4v) is 3.57. The highest BCUT2D eigenvalue weighted by Crippen LogP contribution is 2.14. The SMILES string of the molecule is CCCCCCC(O)C/C=C\CCCCCCC(C(=O)OC)S(=O)(=O)O. The second-order valence-electron chi connectivity index (χ2n) is 6.73. The van der Waals surface area contributed by atoms with Crippen molar-refractivity contribution in [1.82, 2.24) is 0 Å². The number of carbonyl (C=O) groups excluding carboxylic acids is 1. The lowest BCUT2D eigenvalue weighted by atomic mass is 10.1. The van der Waals surface area contributed by atoms with E-state index in [1.54, 1.807) is 0 Å². The molecule has 0 heterocycles. The Labute approximate surface area is 158 Å². The van der Waals surface area contributed by atoms with Gasteiger partial charge < -0.3 is 9.84 Å². The Morgan fingerprint density at radius 3 is 2.23 bits per heavy atom. The number of methoxy groups -OCH3 is 1. The molecule has 0 amide bonds. The van der Waals surface area contributed by atoms with Gasteiger partial charge in [-0.1, -0.05) is 64.0 Å². The zero-order chi connectivity index (χ0) is 19.8. The molecule has 0 fully saturated rings. The van der Waals surface area contributed by atoms with E-state index in [4.69, 9.17) is 4.55 Å². The van der Waals surface area contributed by atoms with Gasteiger partial charge in [-0.2, -0.15) is 8.42 Å². The van der Waals surface area contributed by atoms with Gasteiger partial charge >= 0.3 is 5.97 Å². The Morgan fingerprint density at radius 1 is 1.00 bits per heavy atom. The van der Waals surface area contributed by atoms with Crippen molar-refractivity contribution in [3.05, 3.63) is 12.2 Å². The highest BCUT2D eigenvalue weighted by molar-refractivity contribution is 7.87. The number of aliphatic hydroxyl groups is 1. The molecule has 0 rings (SSSR count). The fourth-order valence-electron chi connectivity index (χ4n) is 2.76. The molecule has 154 valence electrons. The van der Waals surface area contributed by atoms with Crippen LogP contribution >= 0.6 is 0 Å². The van der Waals surface area contributed by atoms with Gasteiger partial charge in [0.15, 0.2) is 5.25 Å². The second-order valence-corrected chi connectivity index (χ2v) is 8.33. The predicted molar refractivity (Wildman–Crippen MR) is 104 cm³/mol. The number of rotatable bonds is 16. The van der Waals surface area contributed by atoms with Crippen molar-refractivity contribution < 1.29 is 27.6 Å². The number of ether oxygens (including phenoxy) is 1. The first-order valence-corrected chi connectivity index (χ1v) is 11.2. The van der Waals surface area contributed by atoms with E-state index in [1.807, 2.05) is 6.08 Å². The summed E-state index contributed by atoms with van der Waals surface area (Å²) >= 11 is 0. The van der Waals surface area contributed by atoms with Gasteiger partial charge in [0.05, 0.1) is 13.2 Å². The van der Waals surface area contributed by atoms with Gasteiger partial charge in [-0.25, -0.2) is 0 Å². The van der Waals surface area contributed by atoms with Crippen LogP contribution in [0, 0.1) is 0 Å². The number of allylic oxidation sites excluding steroid dienone is 1. The van der Waals surface area contributed by atoms with E-state index in [9.17, 15) is 18.3 Å². The van der Waals surface area contributed by atoms with E-state index < -0.39 is 21.3 Å². The van der Waals surface area contributed by atoms with Crippen LogP contribution in [-0.4, -0.2) is 42.5 Å². The van der Waals surface area contributed by atoms with E-state index in [2.05, 4.69) is 17.7 Å². The minimum Gasteiger partial charge on any atom is -0.468 e. The molecule has 0 aromatic carbocycles. The molecule has 0 aromatic rings. The van der Waals surface area contributed by atoms with Crippen LogP contribution < -0.4 is 0 Å². The van der Waals surface area contributed by atoms with Gasteiger partial charge in [0.2, 0.25) is 0 Å². The van der Waals surface area contributed by atoms with Crippen molar-refractivity contribution in [1.29, 1.82) is 0 Å². The maximum Gasteiger partial charge on any atom is 0.326 e. The number of unbranched alkanes of at least 4 members (excludes halogenated alkanes) is 7. The molecule has 0 saturated heterocycles. The van der Waals surface area contributed by atoms with Crippen LogP contribution in [0.15, 0.2) is 12.2 Å². The molecule has 0 spiro atoms. The van der Waals surface area contributed by atoms with Crippen LogP contribution in [0.4, 0.5) is 0 Å². The summed E-state index contributed by atoms with van der Waals surface area (Å²) in [5.41, 5.74) is 0. The topological polar surface area (TPSA) is 101 Å². The summed E-state index contributed by atoms with van der Waals surface area (Å²) in [4.78, 5) is 11.4. The summed E-state index contributed by atoms with van der Waals surface area (Å²) in [5.74, 6) is -0.913. The summed E-state index contributed by atoms with van der Waals surface area (Å²) < 4.78 is 35.8. The van der Waals surface area contributed by atoms with E-state index >= 15 is 0 Å². The monoisotopic (exact) mass is 392 g/mol. The van der Waals surface area contributed by atoms with Crippen LogP contribution in [0.5, 0.6) is 0 Å². The Balaban J connectivity index is 3.73. The Morgan fingerprint density at radius 2 is 1.62 bits per heavy atom. The summed E-state index contributed by atoms with van der Waals surface area (Å²) in [5, 5.41) is 8.37. The van der Waals surface area contributed by atoms with Crippen LogP contribution in [0.3, 0.4) is 0 Å². The Kier molecular flexibility index (Phi) is 14.6. The predicted octanol–water partition coefficient (Wildman–Crippen LogP) is 4.03. The normalized spacial score (nSPS) is 14.5. The molecular formula is C19H36O6S. The molecule has 2 unspecified atom stereocenters. The minimum absolute atomic E-state index is 0.0750. The molecule has 6 nitrogen and oxygen atoms in total. The molecule has 0 saturated carbocycles. The molecule has 2 atom stereocenters. The van der Waals surface area contributed by atoms with Crippen molar-refractivity contribution in [2.24, 2.45) is 0 Å². The molecule has 0 radical (unpaired) electrons. The smallest absolute Gasteiger partial charge is 0.326 e. The zero-order valence-corrected chi connectivity index (χ0v) is 17.0. The average Bonchev–Trinajstić information content (AvgIpc) is 2.58. The van der Waals surface area contributed by atoms with Crippen LogP contribution in [0.1, 0.15) is 84.0 Å². The first kappa shape index (κ1) is 25.1. The lowest BCUT2D eigenvalue weighted by Crippen LogP contribution is -2.30. The third kappa shape index (κ3) is 13.3. The van der Waals surface area contributed by atoms with Gasteiger partial charge in [-0.3, -0.25) is 9.35 Å². The molecule has 7 heteroatoms. The van der Waals surface area contributed by atoms with Gasteiger partial charge in [0.25, 0.3) is 10.1 Å². The number of hydrogen-bond acceptors (Lipinski definition) is 5. The van der Waals surface area contributed by atoms with Crippen molar-refractivity contribution in [2.75, 3.05) is 7.11 Å². The van der Waals surface area contributed by atoms with E-state index in [0.29, 0.717) is 12.8 Å². The summed E-state index contributed by atoms with van der Waals surface area (Å²) in [6.07, 6.45) is 14.3. The minimum atomic E-state index is -4.41. The third-order valence-electron chi connectivity index (χ3n) is 4.38.